The average Bonchev–Trinajstić information content (AvgIpc) is 2.54. The molecule has 1 aromatic carbocycles. The van der Waals surface area contributed by atoms with Crippen molar-refractivity contribution in [3.05, 3.63) is 53.3 Å². The number of esters is 1. The van der Waals surface area contributed by atoms with E-state index in [0.29, 0.717) is 17.0 Å². The van der Waals surface area contributed by atoms with Crippen LogP contribution in [0.2, 0.25) is 0 Å². The van der Waals surface area contributed by atoms with Gasteiger partial charge in [0.05, 0.1) is 18.7 Å². The molecule has 2 amide bonds. The summed E-state index contributed by atoms with van der Waals surface area (Å²) < 4.78 is 10.4. The van der Waals surface area contributed by atoms with E-state index in [1.54, 1.807) is 44.4 Å². The van der Waals surface area contributed by atoms with E-state index < -0.39 is 12.0 Å². The lowest BCUT2D eigenvalue weighted by molar-refractivity contribution is -0.138. The molecule has 2 N–H and O–H groups in total. The van der Waals surface area contributed by atoms with Gasteiger partial charge < -0.3 is 20.1 Å². The molecule has 0 bridgehead atoms. The van der Waals surface area contributed by atoms with Crippen LogP contribution in [0.25, 0.3) is 0 Å². The lowest BCUT2D eigenvalue weighted by atomic mass is 9.95. The number of amides is 2. The van der Waals surface area contributed by atoms with Crippen molar-refractivity contribution >= 4 is 12.0 Å². The van der Waals surface area contributed by atoms with Crippen LogP contribution in [-0.4, -0.2) is 25.7 Å². The molecule has 23 heavy (non-hydrogen) atoms. The van der Waals surface area contributed by atoms with Crippen LogP contribution in [0.4, 0.5) is 4.79 Å². The molecule has 1 aliphatic rings. The van der Waals surface area contributed by atoms with E-state index >= 15 is 0 Å². The Morgan fingerprint density at radius 1 is 1.39 bits per heavy atom. The molecule has 6 nitrogen and oxygen atoms in total. The van der Waals surface area contributed by atoms with Crippen LogP contribution in [0, 0.1) is 0 Å². The number of ether oxygens (including phenoxy) is 2. The highest BCUT2D eigenvalue weighted by atomic mass is 16.5. The first-order valence-corrected chi connectivity index (χ1v) is 7.27. The van der Waals surface area contributed by atoms with E-state index in [1.807, 2.05) is 13.0 Å². The predicted octanol–water partition coefficient (Wildman–Crippen LogP) is 2.44. The lowest BCUT2D eigenvalue weighted by Crippen LogP contribution is -2.45. The van der Waals surface area contributed by atoms with Gasteiger partial charge in [0.15, 0.2) is 0 Å². The normalized spacial score (nSPS) is 17.7. The van der Waals surface area contributed by atoms with Gasteiger partial charge in [-0.15, -0.1) is 0 Å². The van der Waals surface area contributed by atoms with Crippen LogP contribution in [-0.2, 0) is 9.53 Å². The Bertz CT molecular complexity index is 664. The van der Waals surface area contributed by atoms with Gasteiger partial charge in [-0.05, 0) is 31.5 Å². The second kappa shape index (κ2) is 7.49. The zero-order chi connectivity index (χ0) is 16.8. The van der Waals surface area contributed by atoms with Gasteiger partial charge in [-0.25, -0.2) is 9.59 Å². The van der Waals surface area contributed by atoms with Crippen LogP contribution < -0.4 is 15.4 Å². The molecule has 1 atom stereocenters. The van der Waals surface area contributed by atoms with Crippen LogP contribution in [0.5, 0.6) is 5.75 Å². The van der Waals surface area contributed by atoms with Crippen molar-refractivity contribution in [2.75, 3.05) is 13.7 Å². The van der Waals surface area contributed by atoms with Gasteiger partial charge in [-0.3, -0.25) is 0 Å². The Kier molecular flexibility index (Phi) is 5.41. The first-order valence-electron chi connectivity index (χ1n) is 7.27. The summed E-state index contributed by atoms with van der Waals surface area (Å²) in [5.74, 6) is 0.176. The monoisotopic (exact) mass is 316 g/mol. The summed E-state index contributed by atoms with van der Waals surface area (Å²) in [4.78, 5) is 24.2. The largest absolute Gasteiger partial charge is 0.497 e. The fraction of sp³-hybridized carbons (Fsp3) is 0.294. The van der Waals surface area contributed by atoms with Gasteiger partial charge in [0.25, 0.3) is 0 Å². The molecule has 6 heteroatoms. The Labute approximate surface area is 135 Å². The molecule has 122 valence electrons. The molecule has 0 aliphatic carbocycles. The Balaban J connectivity index is 2.35. The number of rotatable bonds is 5. The Morgan fingerprint density at radius 2 is 2.17 bits per heavy atom. The quantitative estimate of drug-likeness (QED) is 0.646. The summed E-state index contributed by atoms with van der Waals surface area (Å²) in [7, 11) is 1.56. The minimum atomic E-state index is -0.586. The fourth-order valence-corrected chi connectivity index (χ4v) is 2.33. The molecule has 1 unspecified atom stereocenters. The molecule has 0 saturated carbocycles. The number of benzene rings is 1. The third-order valence-electron chi connectivity index (χ3n) is 3.46. The predicted molar refractivity (Wildman–Crippen MR) is 85.9 cm³/mol. The van der Waals surface area contributed by atoms with Crippen molar-refractivity contribution in [3.8, 4) is 5.75 Å². The van der Waals surface area contributed by atoms with E-state index in [9.17, 15) is 9.59 Å². The highest BCUT2D eigenvalue weighted by Crippen LogP contribution is 2.29. The van der Waals surface area contributed by atoms with Crippen LogP contribution in [0.15, 0.2) is 47.7 Å². The third-order valence-corrected chi connectivity index (χ3v) is 3.46. The minimum absolute atomic E-state index is 0.185. The van der Waals surface area contributed by atoms with E-state index in [4.69, 9.17) is 9.47 Å². The van der Waals surface area contributed by atoms with Crippen LogP contribution in [0.3, 0.4) is 0 Å². The van der Waals surface area contributed by atoms with Crippen molar-refractivity contribution in [1.82, 2.24) is 10.6 Å². The lowest BCUT2D eigenvalue weighted by Gasteiger charge is -2.28. The molecular formula is C17H20N2O4. The molecule has 2 rings (SSSR count). The van der Waals surface area contributed by atoms with Gasteiger partial charge in [0, 0.05) is 5.70 Å². The number of hydrogen-bond acceptors (Lipinski definition) is 4. The van der Waals surface area contributed by atoms with E-state index in [1.165, 1.54) is 0 Å². The standard InChI is InChI=1S/C17H20N2O4/c1-4-5-9-23-16(20)14-11(2)18-17(21)19-15(14)12-7-6-8-13(10-12)22-3/h4-8,10,15H,9H2,1-3H3,(H2,18,19,21). The van der Waals surface area contributed by atoms with E-state index in [2.05, 4.69) is 10.6 Å². The van der Waals surface area contributed by atoms with Crippen LogP contribution in [0.1, 0.15) is 25.5 Å². The molecule has 0 saturated heterocycles. The van der Waals surface area contributed by atoms with E-state index in [0.717, 1.165) is 5.56 Å². The number of methoxy groups -OCH3 is 1. The van der Waals surface area contributed by atoms with Gasteiger partial charge in [0.2, 0.25) is 0 Å². The maximum atomic E-state index is 12.4. The number of carbonyl (C=O) groups excluding carboxylic acids is 2. The zero-order valence-electron chi connectivity index (χ0n) is 13.4. The fourth-order valence-electron chi connectivity index (χ4n) is 2.33. The van der Waals surface area contributed by atoms with Crippen molar-refractivity contribution in [3.63, 3.8) is 0 Å². The zero-order valence-corrected chi connectivity index (χ0v) is 13.4. The first-order chi connectivity index (χ1) is 11.1. The van der Waals surface area contributed by atoms with Gasteiger partial charge >= 0.3 is 12.0 Å². The topological polar surface area (TPSA) is 76.7 Å². The molecule has 1 heterocycles. The Morgan fingerprint density at radius 3 is 2.87 bits per heavy atom. The molecule has 0 fully saturated rings. The molecular weight excluding hydrogens is 296 g/mol. The minimum Gasteiger partial charge on any atom is -0.497 e. The number of nitrogens with one attached hydrogen (secondary N) is 2. The number of urea groups is 1. The second-order valence-corrected chi connectivity index (χ2v) is 5.01. The molecule has 0 spiro atoms. The van der Waals surface area contributed by atoms with Crippen molar-refractivity contribution < 1.29 is 19.1 Å². The van der Waals surface area contributed by atoms with Crippen molar-refractivity contribution in [1.29, 1.82) is 0 Å². The summed E-state index contributed by atoms with van der Waals surface area (Å²) in [5, 5.41) is 5.36. The number of allylic oxidation sites excluding steroid dienone is 2. The highest BCUT2D eigenvalue weighted by Gasteiger charge is 2.32. The number of hydrogen-bond donors (Lipinski definition) is 2. The van der Waals surface area contributed by atoms with Crippen LogP contribution >= 0.6 is 0 Å². The van der Waals surface area contributed by atoms with Gasteiger partial charge in [-0.2, -0.15) is 0 Å². The summed E-state index contributed by atoms with van der Waals surface area (Å²) in [6, 6.07) is 6.26. The third kappa shape index (κ3) is 3.91. The highest BCUT2D eigenvalue weighted by molar-refractivity contribution is 5.95. The molecule has 0 radical (unpaired) electrons. The summed E-state index contributed by atoms with van der Waals surface area (Å²) >= 11 is 0. The Hall–Kier alpha value is -2.76. The maximum absolute atomic E-state index is 12.4. The molecule has 1 aliphatic heterocycles. The smallest absolute Gasteiger partial charge is 0.338 e. The second-order valence-electron chi connectivity index (χ2n) is 5.01. The SMILES string of the molecule is CC=CCOC(=O)C1=C(C)NC(=O)NC1c1cccc(OC)c1. The summed E-state index contributed by atoms with van der Waals surface area (Å²) in [6.07, 6.45) is 3.54. The maximum Gasteiger partial charge on any atom is 0.338 e. The number of carbonyl (C=O) groups is 2. The van der Waals surface area contributed by atoms with Gasteiger partial charge in [0.1, 0.15) is 12.4 Å². The summed E-state index contributed by atoms with van der Waals surface area (Å²) in [6.45, 7) is 3.71. The molecule has 1 aromatic rings. The van der Waals surface area contributed by atoms with Crippen molar-refractivity contribution in [2.45, 2.75) is 19.9 Å². The van der Waals surface area contributed by atoms with E-state index in [-0.39, 0.29) is 12.6 Å². The summed E-state index contributed by atoms with van der Waals surface area (Å²) in [5.41, 5.74) is 1.60. The molecule has 0 aromatic heterocycles. The first kappa shape index (κ1) is 16.6. The average molecular weight is 316 g/mol. The van der Waals surface area contributed by atoms with Gasteiger partial charge in [-0.1, -0.05) is 24.3 Å². The van der Waals surface area contributed by atoms with Crippen molar-refractivity contribution in [2.24, 2.45) is 0 Å².